The monoisotopic (exact) mass is 396 g/mol. The van der Waals surface area contributed by atoms with Crippen molar-refractivity contribution in [3.05, 3.63) is 65.9 Å². The lowest BCUT2D eigenvalue weighted by Crippen LogP contribution is -2.14. The van der Waals surface area contributed by atoms with E-state index in [0.717, 1.165) is 35.7 Å². The zero-order chi connectivity index (χ0) is 18.9. The summed E-state index contributed by atoms with van der Waals surface area (Å²) in [6.45, 7) is 0. The number of nitrogens with one attached hydrogen (secondary N) is 1. The van der Waals surface area contributed by atoms with E-state index < -0.39 is 33.2 Å². The Kier molecular flexibility index (Phi) is 4.70. The van der Waals surface area contributed by atoms with E-state index in [1.165, 1.54) is 24.3 Å². The molecule has 1 heterocycles. The summed E-state index contributed by atoms with van der Waals surface area (Å²) >= 11 is 0.830. The van der Waals surface area contributed by atoms with Crippen LogP contribution in [0.25, 0.3) is 10.6 Å². The number of carboxylic acids is 1. The summed E-state index contributed by atoms with van der Waals surface area (Å²) < 4.78 is 53.1. The lowest BCUT2D eigenvalue weighted by Gasteiger charge is -2.09. The van der Waals surface area contributed by atoms with Gasteiger partial charge in [-0.3, -0.25) is 4.72 Å². The van der Waals surface area contributed by atoms with Gasteiger partial charge in [-0.1, -0.05) is 0 Å². The number of carbonyl (C=O) groups is 1. The minimum Gasteiger partial charge on any atom is -0.478 e. The number of rotatable bonds is 5. The SMILES string of the molecule is O=C(O)c1cc(F)ccc1NS(=O)(=O)c1cnc(-c2ccc(F)cc2)s1. The van der Waals surface area contributed by atoms with Crippen LogP contribution in [-0.2, 0) is 10.0 Å². The molecule has 3 aromatic rings. The Hall–Kier alpha value is -2.85. The van der Waals surface area contributed by atoms with Crippen LogP contribution in [0, 0.1) is 11.6 Å². The molecule has 0 atom stereocenters. The van der Waals surface area contributed by atoms with E-state index in [1.54, 1.807) is 0 Å². The van der Waals surface area contributed by atoms with Crippen LogP contribution in [0.3, 0.4) is 0 Å². The predicted molar refractivity (Wildman–Crippen MR) is 91.7 cm³/mol. The Morgan fingerprint density at radius 2 is 1.73 bits per heavy atom. The molecule has 0 saturated heterocycles. The maximum absolute atomic E-state index is 13.2. The average molecular weight is 396 g/mol. The molecule has 0 radical (unpaired) electrons. The number of hydrogen-bond acceptors (Lipinski definition) is 5. The molecular weight excluding hydrogens is 386 g/mol. The number of carboxylic acid groups (broad SMARTS) is 1. The van der Waals surface area contributed by atoms with Crippen molar-refractivity contribution in [3.8, 4) is 10.6 Å². The minimum absolute atomic E-state index is 0.169. The lowest BCUT2D eigenvalue weighted by molar-refractivity contribution is 0.0697. The van der Waals surface area contributed by atoms with Crippen LogP contribution >= 0.6 is 11.3 Å². The number of halogens is 2. The molecular formula is C16H10F2N2O4S2. The molecule has 0 bridgehead atoms. The highest BCUT2D eigenvalue weighted by molar-refractivity contribution is 7.94. The van der Waals surface area contributed by atoms with Gasteiger partial charge in [0.1, 0.15) is 16.6 Å². The minimum atomic E-state index is -4.13. The van der Waals surface area contributed by atoms with Crippen LogP contribution in [0.2, 0.25) is 0 Å². The standard InChI is InChI=1S/C16H10F2N2O4S2/c17-10-3-1-9(2-4-10)15-19-8-14(25-15)26(23,24)20-13-6-5-11(18)7-12(13)16(21)22/h1-8,20H,(H,21,22). The van der Waals surface area contributed by atoms with Crippen molar-refractivity contribution < 1.29 is 27.1 Å². The molecule has 0 aliphatic rings. The van der Waals surface area contributed by atoms with Crippen molar-refractivity contribution in [1.29, 1.82) is 0 Å². The van der Waals surface area contributed by atoms with Crippen LogP contribution in [0.4, 0.5) is 14.5 Å². The van der Waals surface area contributed by atoms with Crippen LogP contribution in [-0.4, -0.2) is 24.5 Å². The van der Waals surface area contributed by atoms with Gasteiger partial charge in [0.15, 0.2) is 4.21 Å². The topological polar surface area (TPSA) is 96.4 Å². The molecule has 10 heteroatoms. The number of anilines is 1. The van der Waals surface area contributed by atoms with Gasteiger partial charge in [0, 0.05) is 5.56 Å². The van der Waals surface area contributed by atoms with Crippen molar-refractivity contribution in [2.75, 3.05) is 4.72 Å². The number of aromatic nitrogens is 1. The van der Waals surface area contributed by atoms with Crippen molar-refractivity contribution in [3.63, 3.8) is 0 Å². The smallest absolute Gasteiger partial charge is 0.337 e. The summed E-state index contributed by atoms with van der Waals surface area (Å²) in [6, 6.07) is 8.05. The molecule has 1 aromatic heterocycles. The van der Waals surface area contributed by atoms with Crippen LogP contribution in [0.5, 0.6) is 0 Å². The van der Waals surface area contributed by atoms with E-state index in [9.17, 15) is 22.0 Å². The molecule has 0 saturated carbocycles. The zero-order valence-electron chi connectivity index (χ0n) is 12.8. The maximum atomic E-state index is 13.2. The first-order valence-electron chi connectivity index (χ1n) is 7.04. The highest BCUT2D eigenvalue weighted by atomic mass is 32.2. The van der Waals surface area contributed by atoms with Gasteiger partial charge in [-0.2, -0.15) is 0 Å². The third-order valence-electron chi connectivity index (χ3n) is 3.30. The summed E-state index contributed by atoms with van der Waals surface area (Å²) in [6.07, 6.45) is 1.11. The number of benzene rings is 2. The molecule has 26 heavy (non-hydrogen) atoms. The first kappa shape index (κ1) is 18.0. The Morgan fingerprint density at radius 3 is 2.38 bits per heavy atom. The summed E-state index contributed by atoms with van der Waals surface area (Å²) in [5.74, 6) is -2.71. The Bertz CT molecular complexity index is 1080. The second-order valence-electron chi connectivity index (χ2n) is 5.09. The molecule has 6 nitrogen and oxygen atoms in total. The maximum Gasteiger partial charge on any atom is 0.337 e. The van der Waals surface area contributed by atoms with Crippen LogP contribution < -0.4 is 4.72 Å². The number of sulfonamides is 1. The zero-order valence-corrected chi connectivity index (χ0v) is 14.4. The number of aromatic carboxylic acids is 1. The largest absolute Gasteiger partial charge is 0.478 e. The van der Waals surface area contributed by atoms with Gasteiger partial charge in [0.25, 0.3) is 10.0 Å². The fraction of sp³-hybridized carbons (Fsp3) is 0. The van der Waals surface area contributed by atoms with Gasteiger partial charge in [-0.25, -0.2) is 27.0 Å². The average Bonchev–Trinajstić information content (AvgIpc) is 3.08. The fourth-order valence-electron chi connectivity index (χ4n) is 2.09. The van der Waals surface area contributed by atoms with Gasteiger partial charge in [0.2, 0.25) is 0 Å². The second kappa shape index (κ2) is 6.81. The van der Waals surface area contributed by atoms with E-state index >= 15 is 0 Å². The predicted octanol–water partition coefficient (Wildman–Crippen LogP) is 3.59. The Labute approximate surface area is 150 Å². The molecule has 3 rings (SSSR count). The van der Waals surface area contributed by atoms with E-state index in [2.05, 4.69) is 9.71 Å². The highest BCUT2D eigenvalue weighted by Crippen LogP contribution is 2.30. The first-order valence-corrected chi connectivity index (χ1v) is 9.34. The number of thiazole rings is 1. The summed E-state index contributed by atoms with van der Waals surface area (Å²) in [7, 11) is -4.13. The molecule has 2 N–H and O–H groups in total. The van der Waals surface area contributed by atoms with E-state index in [-0.39, 0.29) is 9.90 Å². The van der Waals surface area contributed by atoms with Gasteiger partial charge in [-0.15, -0.1) is 11.3 Å². The molecule has 0 spiro atoms. The molecule has 0 fully saturated rings. The normalized spacial score (nSPS) is 11.3. The van der Waals surface area contributed by atoms with Crippen molar-refractivity contribution in [2.24, 2.45) is 0 Å². The van der Waals surface area contributed by atoms with E-state index in [1.807, 2.05) is 0 Å². The van der Waals surface area contributed by atoms with Crippen molar-refractivity contribution in [2.45, 2.75) is 4.21 Å². The number of hydrogen-bond donors (Lipinski definition) is 2. The van der Waals surface area contributed by atoms with Crippen molar-refractivity contribution in [1.82, 2.24) is 4.98 Å². The molecule has 2 aromatic carbocycles. The third kappa shape index (κ3) is 3.70. The Balaban J connectivity index is 1.93. The molecule has 0 unspecified atom stereocenters. The first-order chi connectivity index (χ1) is 12.3. The molecule has 0 aliphatic carbocycles. The summed E-state index contributed by atoms with van der Waals surface area (Å²) in [4.78, 5) is 15.2. The van der Waals surface area contributed by atoms with Gasteiger partial charge in [0.05, 0.1) is 17.4 Å². The van der Waals surface area contributed by atoms with Gasteiger partial charge in [-0.05, 0) is 42.5 Å². The van der Waals surface area contributed by atoms with E-state index in [0.29, 0.717) is 10.6 Å². The molecule has 0 amide bonds. The second-order valence-corrected chi connectivity index (χ2v) is 8.03. The van der Waals surface area contributed by atoms with Gasteiger partial charge >= 0.3 is 5.97 Å². The number of nitrogens with zero attached hydrogens (tertiary/aromatic N) is 1. The quantitative estimate of drug-likeness (QED) is 0.687. The summed E-state index contributed by atoms with van der Waals surface area (Å²) in [5.41, 5.74) is -0.252. The van der Waals surface area contributed by atoms with Gasteiger partial charge < -0.3 is 5.11 Å². The van der Waals surface area contributed by atoms with E-state index in [4.69, 9.17) is 5.11 Å². The third-order valence-corrected chi connectivity index (χ3v) is 6.17. The molecule has 0 aliphatic heterocycles. The lowest BCUT2D eigenvalue weighted by atomic mass is 10.2. The van der Waals surface area contributed by atoms with Crippen LogP contribution in [0.15, 0.2) is 52.9 Å². The summed E-state index contributed by atoms with van der Waals surface area (Å²) in [5, 5.41) is 9.44. The fourth-order valence-corrected chi connectivity index (χ4v) is 4.30. The molecule has 134 valence electrons. The Morgan fingerprint density at radius 1 is 1.08 bits per heavy atom. The van der Waals surface area contributed by atoms with Crippen LogP contribution in [0.1, 0.15) is 10.4 Å². The van der Waals surface area contributed by atoms with Crippen molar-refractivity contribution >= 4 is 33.0 Å². The highest BCUT2D eigenvalue weighted by Gasteiger charge is 2.22.